The summed E-state index contributed by atoms with van der Waals surface area (Å²) in [6.45, 7) is 5.50. The molecule has 0 aliphatic rings. The highest BCUT2D eigenvalue weighted by molar-refractivity contribution is 5.71. The van der Waals surface area contributed by atoms with Crippen LogP contribution in [0.15, 0.2) is 12.1 Å². The molecule has 0 amide bonds. The summed E-state index contributed by atoms with van der Waals surface area (Å²) in [5.41, 5.74) is 1.98. The zero-order valence-corrected chi connectivity index (χ0v) is 7.53. The minimum atomic E-state index is -0.794. The average molecular weight is 167 g/mol. The molecule has 0 saturated heterocycles. The molecule has 0 fully saturated rings. The fourth-order valence-corrected chi connectivity index (χ4v) is 1.40. The summed E-state index contributed by atoms with van der Waals surface area (Å²) in [7, 11) is 0. The minimum Gasteiger partial charge on any atom is -0.480 e. The summed E-state index contributed by atoms with van der Waals surface area (Å²) < 4.78 is 1.81. The van der Waals surface area contributed by atoms with Crippen molar-refractivity contribution in [3.63, 3.8) is 0 Å². The van der Waals surface area contributed by atoms with E-state index in [-0.39, 0.29) is 0 Å². The van der Waals surface area contributed by atoms with Crippen molar-refractivity contribution < 1.29 is 9.90 Å². The van der Waals surface area contributed by atoms with Crippen molar-refractivity contribution in [3.8, 4) is 0 Å². The molecule has 1 N–H and O–H groups in total. The molecule has 0 aliphatic carbocycles. The molecule has 1 atom stereocenters. The lowest BCUT2D eigenvalue weighted by atomic mass is 10.3. The summed E-state index contributed by atoms with van der Waals surface area (Å²) in [6, 6.07) is 3.38. The molecule has 1 heterocycles. The molecule has 1 aromatic heterocycles. The molecule has 0 radical (unpaired) electrons. The van der Waals surface area contributed by atoms with Gasteiger partial charge in [-0.15, -0.1) is 0 Å². The molecule has 0 spiro atoms. The molecule has 1 aromatic rings. The van der Waals surface area contributed by atoms with Gasteiger partial charge in [-0.25, -0.2) is 4.79 Å². The SMILES string of the molecule is Cc1ccc(C)n1[C@H](C)C(=O)O. The van der Waals surface area contributed by atoms with E-state index in [2.05, 4.69) is 0 Å². The van der Waals surface area contributed by atoms with Crippen LogP contribution in [0.1, 0.15) is 24.4 Å². The zero-order chi connectivity index (χ0) is 9.30. The van der Waals surface area contributed by atoms with Gasteiger partial charge in [0.05, 0.1) is 0 Å². The molecule has 0 saturated carbocycles. The van der Waals surface area contributed by atoms with E-state index in [4.69, 9.17) is 5.11 Å². The number of carboxylic acid groups (broad SMARTS) is 1. The lowest BCUT2D eigenvalue weighted by Gasteiger charge is -2.13. The molecule has 0 aromatic carbocycles. The molecule has 1 rings (SSSR count). The maximum Gasteiger partial charge on any atom is 0.326 e. The van der Waals surface area contributed by atoms with E-state index in [0.717, 1.165) is 11.4 Å². The maximum atomic E-state index is 10.7. The van der Waals surface area contributed by atoms with E-state index in [1.54, 1.807) is 6.92 Å². The summed E-state index contributed by atoms with van der Waals surface area (Å²) in [5, 5.41) is 8.78. The highest BCUT2D eigenvalue weighted by Gasteiger charge is 2.15. The number of hydrogen-bond acceptors (Lipinski definition) is 1. The second-order valence-electron chi connectivity index (χ2n) is 3.00. The number of carbonyl (C=O) groups is 1. The van der Waals surface area contributed by atoms with Gasteiger partial charge >= 0.3 is 5.97 Å². The summed E-state index contributed by atoms with van der Waals surface area (Å²) in [5.74, 6) is -0.794. The largest absolute Gasteiger partial charge is 0.480 e. The second kappa shape index (κ2) is 3.01. The van der Waals surface area contributed by atoms with Gasteiger partial charge in [0.15, 0.2) is 0 Å². The van der Waals surface area contributed by atoms with Crippen LogP contribution < -0.4 is 0 Å². The van der Waals surface area contributed by atoms with Crippen LogP contribution >= 0.6 is 0 Å². The molecule has 12 heavy (non-hydrogen) atoms. The van der Waals surface area contributed by atoms with Crippen LogP contribution in [0.2, 0.25) is 0 Å². The first-order valence-electron chi connectivity index (χ1n) is 3.91. The van der Waals surface area contributed by atoms with Gasteiger partial charge in [-0.05, 0) is 32.9 Å². The van der Waals surface area contributed by atoms with Crippen LogP contribution in [-0.4, -0.2) is 15.6 Å². The third-order valence-electron chi connectivity index (χ3n) is 2.07. The highest BCUT2D eigenvalue weighted by Crippen LogP contribution is 2.14. The average Bonchev–Trinajstić information content (AvgIpc) is 2.30. The molecule has 3 heteroatoms. The normalized spacial score (nSPS) is 12.9. The Kier molecular flexibility index (Phi) is 2.22. The van der Waals surface area contributed by atoms with Crippen LogP contribution in [0.5, 0.6) is 0 Å². The van der Waals surface area contributed by atoms with Crippen molar-refractivity contribution in [1.29, 1.82) is 0 Å². The third-order valence-corrected chi connectivity index (χ3v) is 2.07. The van der Waals surface area contributed by atoms with Crippen molar-refractivity contribution in [3.05, 3.63) is 23.5 Å². The molecular weight excluding hydrogens is 154 g/mol. The molecule has 0 bridgehead atoms. The number of nitrogens with zero attached hydrogens (tertiary/aromatic N) is 1. The molecule has 0 aliphatic heterocycles. The van der Waals surface area contributed by atoms with E-state index in [0.29, 0.717) is 0 Å². The summed E-state index contributed by atoms with van der Waals surface area (Å²) in [6.07, 6.45) is 0. The van der Waals surface area contributed by atoms with E-state index in [1.165, 1.54) is 0 Å². The summed E-state index contributed by atoms with van der Waals surface area (Å²) >= 11 is 0. The predicted molar refractivity (Wildman–Crippen MR) is 46.3 cm³/mol. The monoisotopic (exact) mass is 167 g/mol. The van der Waals surface area contributed by atoms with Crippen molar-refractivity contribution >= 4 is 5.97 Å². The quantitative estimate of drug-likeness (QED) is 0.729. The van der Waals surface area contributed by atoms with Crippen LogP contribution in [0.4, 0.5) is 0 Å². The lowest BCUT2D eigenvalue weighted by molar-refractivity contribution is -0.140. The van der Waals surface area contributed by atoms with Gasteiger partial charge < -0.3 is 9.67 Å². The van der Waals surface area contributed by atoms with Crippen molar-refractivity contribution in [1.82, 2.24) is 4.57 Å². The number of aromatic nitrogens is 1. The number of aryl methyl sites for hydroxylation is 2. The Morgan fingerprint density at radius 1 is 1.42 bits per heavy atom. The van der Waals surface area contributed by atoms with Gasteiger partial charge in [-0.2, -0.15) is 0 Å². The highest BCUT2D eigenvalue weighted by atomic mass is 16.4. The number of aliphatic carboxylic acids is 1. The van der Waals surface area contributed by atoms with Crippen molar-refractivity contribution in [2.75, 3.05) is 0 Å². The zero-order valence-electron chi connectivity index (χ0n) is 7.53. The second-order valence-corrected chi connectivity index (χ2v) is 3.00. The fraction of sp³-hybridized carbons (Fsp3) is 0.444. The summed E-state index contributed by atoms with van der Waals surface area (Å²) in [4.78, 5) is 10.7. The lowest BCUT2D eigenvalue weighted by Crippen LogP contribution is -2.17. The van der Waals surface area contributed by atoms with Crippen LogP contribution in [-0.2, 0) is 4.79 Å². The molecule has 3 nitrogen and oxygen atoms in total. The topological polar surface area (TPSA) is 42.2 Å². The Bertz CT molecular complexity index is 282. The number of rotatable bonds is 2. The van der Waals surface area contributed by atoms with Crippen LogP contribution in [0.25, 0.3) is 0 Å². The Labute approximate surface area is 71.6 Å². The fourth-order valence-electron chi connectivity index (χ4n) is 1.40. The van der Waals surface area contributed by atoms with E-state index < -0.39 is 12.0 Å². The first kappa shape index (κ1) is 8.84. The van der Waals surface area contributed by atoms with E-state index >= 15 is 0 Å². The van der Waals surface area contributed by atoms with Gasteiger partial charge in [0.2, 0.25) is 0 Å². The van der Waals surface area contributed by atoms with E-state index in [9.17, 15) is 4.79 Å². The van der Waals surface area contributed by atoms with Gasteiger partial charge in [-0.1, -0.05) is 0 Å². The van der Waals surface area contributed by atoms with Crippen molar-refractivity contribution in [2.45, 2.75) is 26.8 Å². The number of hydrogen-bond donors (Lipinski definition) is 1. The van der Waals surface area contributed by atoms with Crippen molar-refractivity contribution in [2.24, 2.45) is 0 Å². The Hall–Kier alpha value is -1.25. The molecular formula is C9H13NO2. The number of carboxylic acids is 1. The predicted octanol–water partition coefficient (Wildman–Crippen LogP) is 1.75. The molecule has 66 valence electrons. The first-order chi connectivity index (χ1) is 5.54. The Balaban J connectivity index is 3.08. The first-order valence-corrected chi connectivity index (χ1v) is 3.91. The smallest absolute Gasteiger partial charge is 0.326 e. The standard InChI is InChI=1S/C9H13NO2/c1-6-4-5-7(2)10(6)8(3)9(11)12/h4-5,8H,1-3H3,(H,11,12)/t8-/m1/s1. The van der Waals surface area contributed by atoms with Gasteiger partial charge in [0, 0.05) is 11.4 Å². The van der Waals surface area contributed by atoms with Crippen LogP contribution in [0, 0.1) is 13.8 Å². The van der Waals surface area contributed by atoms with Gasteiger partial charge in [0.1, 0.15) is 6.04 Å². The third kappa shape index (κ3) is 1.35. The molecule has 0 unspecified atom stereocenters. The van der Waals surface area contributed by atoms with Gasteiger partial charge in [-0.3, -0.25) is 0 Å². The van der Waals surface area contributed by atoms with Crippen LogP contribution in [0.3, 0.4) is 0 Å². The van der Waals surface area contributed by atoms with Gasteiger partial charge in [0.25, 0.3) is 0 Å². The Morgan fingerprint density at radius 3 is 2.17 bits per heavy atom. The Morgan fingerprint density at radius 2 is 1.83 bits per heavy atom. The minimum absolute atomic E-state index is 0.472. The maximum absolute atomic E-state index is 10.7. The van der Waals surface area contributed by atoms with E-state index in [1.807, 2.05) is 30.5 Å².